The number of Topliss-reactive ketones (excluding diaryl/α,β-unsaturated/α-hetero) is 1. The van der Waals surface area contributed by atoms with Crippen molar-refractivity contribution < 1.29 is 9.18 Å². The number of hydrogen-bond acceptors (Lipinski definition) is 2. The molecule has 0 saturated carbocycles. The fraction of sp³-hybridized carbons (Fsp3) is 0.120. The first kappa shape index (κ1) is 17.6. The number of halogens is 2. The number of ketones is 1. The van der Waals surface area contributed by atoms with Gasteiger partial charge >= 0.3 is 0 Å². The van der Waals surface area contributed by atoms with Crippen LogP contribution >= 0.6 is 11.6 Å². The summed E-state index contributed by atoms with van der Waals surface area (Å²) in [6, 6.07) is 17.2. The summed E-state index contributed by atoms with van der Waals surface area (Å²) in [4.78, 5) is 27.3. The Balaban J connectivity index is 1.77. The highest BCUT2D eigenvalue weighted by Gasteiger charge is 2.54. The van der Waals surface area contributed by atoms with Crippen molar-refractivity contribution in [3.05, 3.63) is 110 Å². The van der Waals surface area contributed by atoms with Gasteiger partial charge in [0.15, 0.2) is 5.78 Å². The van der Waals surface area contributed by atoms with Crippen LogP contribution in [0.15, 0.2) is 65.5 Å². The van der Waals surface area contributed by atoms with E-state index in [0.717, 1.165) is 10.9 Å². The normalized spacial score (nSPS) is 18.7. The largest absolute Gasteiger partial charge is 0.293 e. The maximum Gasteiger partial charge on any atom is 0.263 e. The first-order valence-corrected chi connectivity index (χ1v) is 10.1. The SMILES string of the molecule is Cc1ccc2cc3n(c(=O)c2c1)-c1ccc(Cl)cc1C31Cc2cc(F)ccc2C1=O. The summed E-state index contributed by atoms with van der Waals surface area (Å²) in [6.07, 6.45) is 0.295. The van der Waals surface area contributed by atoms with E-state index in [0.29, 0.717) is 44.9 Å². The number of carbonyl (C=O) groups excluding carboxylic acids is 1. The molecule has 1 aliphatic heterocycles. The van der Waals surface area contributed by atoms with Gasteiger partial charge in [-0.15, -0.1) is 0 Å². The van der Waals surface area contributed by atoms with Gasteiger partial charge < -0.3 is 0 Å². The molecule has 0 amide bonds. The van der Waals surface area contributed by atoms with Gasteiger partial charge in [0.2, 0.25) is 0 Å². The molecule has 0 radical (unpaired) electrons. The van der Waals surface area contributed by atoms with Crippen molar-refractivity contribution in [2.24, 2.45) is 0 Å². The van der Waals surface area contributed by atoms with Crippen LogP contribution < -0.4 is 5.56 Å². The number of benzene rings is 3. The second kappa shape index (κ2) is 5.67. The third-order valence-corrected chi connectivity index (χ3v) is 6.66. The lowest BCUT2D eigenvalue weighted by atomic mass is 9.75. The van der Waals surface area contributed by atoms with Crippen LogP contribution in [-0.2, 0) is 11.8 Å². The zero-order chi connectivity index (χ0) is 20.8. The average Bonchev–Trinajstić information content (AvgIpc) is 3.15. The Morgan fingerprint density at radius 1 is 1.00 bits per heavy atom. The van der Waals surface area contributed by atoms with Gasteiger partial charge in [0.1, 0.15) is 11.2 Å². The predicted octanol–water partition coefficient (Wildman–Crippen LogP) is 5.13. The van der Waals surface area contributed by atoms with Crippen LogP contribution in [0.4, 0.5) is 4.39 Å². The molecular formula is C25H15ClFNO2. The summed E-state index contributed by atoms with van der Waals surface area (Å²) < 4.78 is 15.6. The standard InChI is InChI=1S/C25H15ClFNO2/c1-13-2-3-14-10-22-25(12-15-9-17(27)5-6-18(15)23(25)29)20-11-16(26)4-7-21(20)28(22)24(30)19(14)8-13/h2-11H,12H2,1H3. The zero-order valence-electron chi connectivity index (χ0n) is 16.0. The van der Waals surface area contributed by atoms with Crippen LogP contribution in [0.2, 0.25) is 5.02 Å². The van der Waals surface area contributed by atoms with Gasteiger partial charge in [-0.2, -0.15) is 0 Å². The molecule has 3 nitrogen and oxygen atoms in total. The monoisotopic (exact) mass is 415 g/mol. The molecule has 0 bridgehead atoms. The van der Waals surface area contributed by atoms with Gasteiger partial charge in [-0.25, -0.2) is 4.39 Å². The second-order valence-corrected chi connectivity index (χ2v) is 8.57. The molecule has 1 unspecified atom stereocenters. The highest BCUT2D eigenvalue weighted by molar-refractivity contribution is 6.31. The number of hydrogen-bond donors (Lipinski definition) is 0. The lowest BCUT2D eigenvalue weighted by Gasteiger charge is -2.24. The molecule has 4 aromatic rings. The first-order chi connectivity index (χ1) is 14.4. The van der Waals surface area contributed by atoms with Crippen LogP contribution in [-0.4, -0.2) is 10.4 Å². The van der Waals surface area contributed by atoms with E-state index in [-0.39, 0.29) is 17.2 Å². The Bertz CT molecular complexity index is 1500. The topological polar surface area (TPSA) is 39.1 Å². The van der Waals surface area contributed by atoms with E-state index < -0.39 is 5.41 Å². The quantitative estimate of drug-likeness (QED) is 0.399. The fourth-order valence-corrected chi connectivity index (χ4v) is 5.28. The molecular weight excluding hydrogens is 401 g/mol. The van der Waals surface area contributed by atoms with Crippen molar-refractivity contribution in [1.29, 1.82) is 0 Å². The van der Waals surface area contributed by atoms with Gasteiger partial charge in [-0.3, -0.25) is 14.2 Å². The number of aryl methyl sites for hydroxylation is 1. The van der Waals surface area contributed by atoms with Crippen molar-refractivity contribution in [1.82, 2.24) is 4.57 Å². The molecule has 30 heavy (non-hydrogen) atoms. The van der Waals surface area contributed by atoms with E-state index in [4.69, 9.17) is 11.6 Å². The predicted molar refractivity (Wildman–Crippen MR) is 115 cm³/mol. The minimum Gasteiger partial charge on any atom is -0.293 e. The van der Waals surface area contributed by atoms with E-state index in [1.165, 1.54) is 18.2 Å². The maximum atomic E-state index is 13.9. The third-order valence-electron chi connectivity index (χ3n) is 6.43. The Labute approximate surface area is 176 Å². The van der Waals surface area contributed by atoms with Crippen LogP contribution in [0.25, 0.3) is 16.5 Å². The molecule has 2 aliphatic rings. The Kier molecular flexibility index (Phi) is 3.33. The van der Waals surface area contributed by atoms with Crippen molar-refractivity contribution in [3.63, 3.8) is 0 Å². The summed E-state index contributed by atoms with van der Waals surface area (Å²) in [6.45, 7) is 1.94. The number of rotatable bonds is 0. The summed E-state index contributed by atoms with van der Waals surface area (Å²) in [7, 11) is 0. The molecule has 0 fully saturated rings. The summed E-state index contributed by atoms with van der Waals surface area (Å²) in [5, 5.41) is 1.88. The lowest BCUT2D eigenvalue weighted by Crippen LogP contribution is -2.34. The highest BCUT2D eigenvalue weighted by Crippen LogP contribution is 2.51. The molecule has 1 atom stereocenters. The Morgan fingerprint density at radius 3 is 2.67 bits per heavy atom. The average molecular weight is 416 g/mol. The molecule has 6 rings (SSSR count). The first-order valence-electron chi connectivity index (χ1n) is 9.71. The molecule has 0 saturated heterocycles. The smallest absolute Gasteiger partial charge is 0.263 e. The highest BCUT2D eigenvalue weighted by atomic mass is 35.5. The number of carbonyl (C=O) groups is 1. The van der Waals surface area contributed by atoms with Crippen LogP contribution in [0.3, 0.4) is 0 Å². The van der Waals surface area contributed by atoms with Gasteiger partial charge in [-0.05, 0) is 78.4 Å². The number of pyridine rings is 1. The van der Waals surface area contributed by atoms with E-state index in [1.54, 1.807) is 22.8 Å². The fourth-order valence-electron chi connectivity index (χ4n) is 5.11. The van der Waals surface area contributed by atoms with E-state index in [1.807, 2.05) is 31.2 Å². The van der Waals surface area contributed by atoms with Crippen LogP contribution in [0, 0.1) is 12.7 Å². The Morgan fingerprint density at radius 2 is 1.83 bits per heavy atom. The number of nitrogens with zero attached hydrogens (tertiary/aromatic N) is 1. The van der Waals surface area contributed by atoms with Gasteiger partial charge in [0.05, 0.1) is 5.69 Å². The van der Waals surface area contributed by atoms with Gasteiger partial charge in [0, 0.05) is 21.7 Å². The Hall–Kier alpha value is -3.24. The molecule has 0 N–H and O–H groups in total. The van der Waals surface area contributed by atoms with Crippen LogP contribution in [0.5, 0.6) is 0 Å². The zero-order valence-corrected chi connectivity index (χ0v) is 16.8. The molecule has 1 spiro atoms. The van der Waals surface area contributed by atoms with Crippen molar-refractivity contribution in [3.8, 4) is 5.69 Å². The summed E-state index contributed by atoms with van der Waals surface area (Å²) in [5.41, 5.74) is 2.84. The minimum absolute atomic E-state index is 0.127. The molecule has 3 aromatic carbocycles. The van der Waals surface area contributed by atoms with Gasteiger partial charge in [-0.1, -0.05) is 29.3 Å². The van der Waals surface area contributed by atoms with Crippen molar-refractivity contribution >= 4 is 28.2 Å². The number of aromatic nitrogens is 1. The summed E-state index contributed by atoms with van der Waals surface area (Å²) >= 11 is 6.32. The van der Waals surface area contributed by atoms with E-state index >= 15 is 0 Å². The van der Waals surface area contributed by atoms with Crippen molar-refractivity contribution in [2.45, 2.75) is 18.8 Å². The van der Waals surface area contributed by atoms with E-state index in [9.17, 15) is 14.0 Å². The molecule has 2 heterocycles. The summed E-state index contributed by atoms with van der Waals surface area (Å²) in [5.74, 6) is -0.507. The maximum absolute atomic E-state index is 13.9. The van der Waals surface area contributed by atoms with E-state index in [2.05, 4.69) is 0 Å². The van der Waals surface area contributed by atoms with Crippen LogP contribution in [0.1, 0.15) is 32.7 Å². The van der Waals surface area contributed by atoms with Gasteiger partial charge in [0.25, 0.3) is 5.56 Å². The second-order valence-electron chi connectivity index (χ2n) is 8.14. The molecule has 5 heteroatoms. The molecule has 1 aromatic heterocycles. The number of fused-ring (bicyclic) bond motifs is 7. The third kappa shape index (κ3) is 2.04. The minimum atomic E-state index is -1.09. The molecule has 1 aliphatic carbocycles. The lowest BCUT2D eigenvalue weighted by molar-refractivity contribution is 0.0930. The van der Waals surface area contributed by atoms with Crippen molar-refractivity contribution in [2.75, 3.05) is 0 Å². The molecule has 146 valence electrons.